The van der Waals surface area contributed by atoms with Gasteiger partial charge in [-0.1, -0.05) is 18.6 Å². The van der Waals surface area contributed by atoms with E-state index in [0.29, 0.717) is 5.56 Å². The monoisotopic (exact) mass is 303 g/mol. The number of benzene rings is 1. The highest BCUT2D eigenvalue weighted by molar-refractivity contribution is 8.00. The molecule has 1 atom stereocenters. The van der Waals surface area contributed by atoms with Gasteiger partial charge in [0.25, 0.3) is 0 Å². The molecule has 1 N–H and O–H groups in total. The summed E-state index contributed by atoms with van der Waals surface area (Å²) in [6.45, 7) is 2.77. The first-order valence-corrected chi connectivity index (χ1v) is 8.04. The summed E-state index contributed by atoms with van der Waals surface area (Å²) in [6, 6.07) is 5.51. The van der Waals surface area contributed by atoms with E-state index < -0.39 is 11.7 Å². The molecule has 0 heterocycles. The molecule has 1 aromatic carbocycles. The van der Waals surface area contributed by atoms with E-state index in [1.165, 1.54) is 31.4 Å². The van der Waals surface area contributed by atoms with Gasteiger partial charge in [-0.05, 0) is 43.7 Å². The Hall–Kier alpha value is -0.680. The highest BCUT2D eigenvalue weighted by Crippen LogP contribution is 2.42. The van der Waals surface area contributed by atoms with Crippen LogP contribution in [-0.2, 0) is 6.18 Å². The molecule has 1 saturated carbocycles. The van der Waals surface area contributed by atoms with Gasteiger partial charge < -0.3 is 5.32 Å². The van der Waals surface area contributed by atoms with Crippen LogP contribution in [0, 0.1) is 0 Å². The minimum absolute atomic E-state index is 0.0677. The number of alkyl halides is 3. The largest absolute Gasteiger partial charge is 0.416 e. The van der Waals surface area contributed by atoms with Crippen molar-refractivity contribution in [1.29, 1.82) is 0 Å². The summed E-state index contributed by atoms with van der Waals surface area (Å²) in [7, 11) is 0. The summed E-state index contributed by atoms with van der Waals surface area (Å²) in [4.78, 5) is 0. The molecule has 1 fully saturated rings. The molecule has 1 aliphatic rings. The molecule has 1 unspecified atom stereocenters. The lowest BCUT2D eigenvalue weighted by molar-refractivity contribution is -0.137. The smallest absolute Gasteiger partial charge is 0.309 e. The Morgan fingerprint density at radius 3 is 2.55 bits per heavy atom. The minimum atomic E-state index is -4.27. The van der Waals surface area contributed by atoms with Crippen LogP contribution in [0.2, 0.25) is 0 Å². The van der Waals surface area contributed by atoms with Gasteiger partial charge in [0.05, 0.1) is 5.56 Å². The molecule has 5 heteroatoms. The number of nitrogens with one attached hydrogen (secondary N) is 1. The molecule has 0 saturated heterocycles. The summed E-state index contributed by atoms with van der Waals surface area (Å²) < 4.78 is 38.4. The molecular weight excluding hydrogens is 283 g/mol. The standard InChI is InChI=1S/C15H20F3NS/c1-11(19-10-14(20-2)7-4-8-14)12-5-3-6-13(9-12)15(16,17)18/h3,5-6,9,11,19H,4,7-8,10H2,1-2H3. The molecule has 0 radical (unpaired) electrons. The highest BCUT2D eigenvalue weighted by atomic mass is 32.2. The first-order chi connectivity index (χ1) is 9.36. The first kappa shape index (κ1) is 15.7. The van der Waals surface area contributed by atoms with E-state index >= 15 is 0 Å². The lowest BCUT2D eigenvalue weighted by atomic mass is 9.84. The highest BCUT2D eigenvalue weighted by Gasteiger charge is 2.36. The fraction of sp³-hybridized carbons (Fsp3) is 0.600. The molecule has 0 spiro atoms. The molecule has 0 amide bonds. The second kappa shape index (κ2) is 5.98. The third kappa shape index (κ3) is 3.50. The summed E-state index contributed by atoms with van der Waals surface area (Å²) in [6.07, 6.45) is 1.47. The average Bonchev–Trinajstić information content (AvgIpc) is 2.37. The third-order valence-corrected chi connectivity index (χ3v) is 5.56. The van der Waals surface area contributed by atoms with Gasteiger partial charge >= 0.3 is 6.18 Å². The number of thioether (sulfide) groups is 1. The number of hydrogen-bond donors (Lipinski definition) is 1. The van der Waals surface area contributed by atoms with Gasteiger partial charge in [-0.3, -0.25) is 0 Å². The molecular formula is C15H20F3NS. The van der Waals surface area contributed by atoms with Gasteiger partial charge in [-0.15, -0.1) is 0 Å². The van der Waals surface area contributed by atoms with E-state index in [1.807, 2.05) is 18.7 Å². The molecule has 0 aromatic heterocycles. The van der Waals surface area contributed by atoms with Crippen LogP contribution in [0.5, 0.6) is 0 Å². The van der Waals surface area contributed by atoms with Crippen molar-refractivity contribution in [3.8, 4) is 0 Å². The minimum Gasteiger partial charge on any atom is -0.309 e. The molecule has 20 heavy (non-hydrogen) atoms. The van der Waals surface area contributed by atoms with Crippen LogP contribution in [0.15, 0.2) is 24.3 Å². The topological polar surface area (TPSA) is 12.0 Å². The predicted molar refractivity (Wildman–Crippen MR) is 78.0 cm³/mol. The summed E-state index contributed by atoms with van der Waals surface area (Å²) >= 11 is 1.86. The molecule has 2 rings (SSSR count). The zero-order valence-electron chi connectivity index (χ0n) is 11.8. The lowest BCUT2D eigenvalue weighted by Crippen LogP contribution is -2.44. The van der Waals surface area contributed by atoms with E-state index in [2.05, 4.69) is 11.6 Å². The second-order valence-electron chi connectivity index (χ2n) is 5.47. The molecule has 0 bridgehead atoms. The first-order valence-electron chi connectivity index (χ1n) is 6.82. The number of rotatable bonds is 5. The van der Waals surface area contributed by atoms with Gasteiger partial charge in [0.2, 0.25) is 0 Å². The van der Waals surface area contributed by atoms with Crippen LogP contribution < -0.4 is 5.32 Å². The molecule has 1 aromatic rings. The van der Waals surface area contributed by atoms with Crippen molar-refractivity contribution in [3.05, 3.63) is 35.4 Å². The van der Waals surface area contributed by atoms with E-state index in [9.17, 15) is 13.2 Å². The molecule has 112 valence electrons. The van der Waals surface area contributed by atoms with Crippen molar-refractivity contribution in [2.45, 2.75) is 43.2 Å². The van der Waals surface area contributed by atoms with Gasteiger partial charge in [-0.25, -0.2) is 0 Å². The van der Waals surface area contributed by atoms with E-state index in [0.717, 1.165) is 12.6 Å². The Kier molecular flexibility index (Phi) is 4.69. The normalized spacial score (nSPS) is 19.4. The van der Waals surface area contributed by atoms with Crippen LogP contribution in [0.4, 0.5) is 13.2 Å². The van der Waals surface area contributed by atoms with E-state index in [1.54, 1.807) is 6.07 Å². The predicted octanol–water partition coefficient (Wildman–Crippen LogP) is 4.64. The van der Waals surface area contributed by atoms with Crippen LogP contribution in [0.25, 0.3) is 0 Å². The second-order valence-corrected chi connectivity index (χ2v) is 6.74. The number of halogens is 3. The van der Waals surface area contributed by atoms with Crippen molar-refractivity contribution in [2.24, 2.45) is 0 Å². The van der Waals surface area contributed by atoms with Gasteiger partial charge in [0.15, 0.2) is 0 Å². The summed E-state index contributed by atoms with van der Waals surface area (Å²) in [5, 5.41) is 3.38. The van der Waals surface area contributed by atoms with Gasteiger partial charge in [0, 0.05) is 17.3 Å². The Morgan fingerprint density at radius 2 is 2.05 bits per heavy atom. The van der Waals surface area contributed by atoms with E-state index in [-0.39, 0.29) is 10.8 Å². The molecule has 1 nitrogen and oxygen atoms in total. The molecule has 0 aliphatic heterocycles. The SMILES string of the molecule is CSC1(CNC(C)c2cccc(C(F)(F)F)c2)CCC1. The Bertz CT molecular complexity index is 449. The van der Waals surface area contributed by atoms with Crippen LogP contribution in [0.3, 0.4) is 0 Å². The van der Waals surface area contributed by atoms with Crippen molar-refractivity contribution in [2.75, 3.05) is 12.8 Å². The Balaban J connectivity index is 2.00. The van der Waals surface area contributed by atoms with E-state index in [4.69, 9.17) is 0 Å². The fourth-order valence-electron chi connectivity index (χ4n) is 2.47. The zero-order chi connectivity index (χ0) is 14.8. The maximum atomic E-state index is 12.7. The van der Waals surface area contributed by atoms with Gasteiger partial charge in [0.1, 0.15) is 0 Å². The van der Waals surface area contributed by atoms with Crippen LogP contribution in [0.1, 0.15) is 43.4 Å². The zero-order valence-corrected chi connectivity index (χ0v) is 12.6. The summed E-state index contributed by atoms with van der Waals surface area (Å²) in [5.74, 6) is 0. The average molecular weight is 303 g/mol. The molecule has 1 aliphatic carbocycles. The van der Waals surface area contributed by atoms with Crippen molar-refractivity contribution >= 4 is 11.8 Å². The summed E-state index contributed by atoms with van der Waals surface area (Å²) in [5.41, 5.74) is 0.113. The maximum absolute atomic E-state index is 12.7. The number of hydrogen-bond acceptors (Lipinski definition) is 2. The Morgan fingerprint density at radius 1 is 1.35 bits per heavy atom. The van der Waals surface area contributed by atoms with Crippen molar-refractivity contribution in [3.63, 3.8) is 0 Å². The van der Waals surface area contributed by atoms with Gasteiger partial charge in [-0.2, -0.15) is 24.9 Å². The maximum Gasteiger partial charge on any atom is 0.416 e. The Labute approximate surface area is 122 Å². The quantitative estimate of drug-likeness (QED) is 0.850. The lowest BCUT2D eigenvalue weighted by Gasteiger charge is -2.41. The fourth-order valence-corrected chi connectivity index (χ4v) is 3.39. The van der Waals surface area contributed by atoms with Crippen molar-refractivity contribution < 1.29 is 13.2 Å². The van der Waals surface area contributed by atoms with Crippen LogP contribution >= 0.6 is 11.8 Å². The third-order valence-electron chi connectivity index (χ3n) is 4.14. The van der Waals surface area contributed by atoms with Crippen molar-refractivity contribution in [1.82, 2.24) is 5.32 Å². The van der Waals surface area contributed by atoms with Crippen LogP contribution in [-0.4, -0.2) is 17.5 Å².